The number of unbranched alkanes of at least 4 members (excludes halogenated alkanes) is 2. The van der Waals surface area contributed by atoms with E-state index in [2.05, 4.69) is 231 Å². The van der Waals surface area contributed by atoms with Gasteiger partial charge in [-0.2, -0.15) is 5.26 Å². The zero-order chi connectivity index (χ0) is 40.6. The summed E-state index contributed by atoms with van der Waals surface area (Å²) < 4.78 is 0. The SMILES string of the molecule is CCCCCc1ccc(C[P+](c2ccccc2)(c2ccccc2)c2ccccc2)cc1.N#Cc1ccc(C[P+](c2ccccc2)(c2ccccc2)c2ccccc2)cc1.[Br-].[Br-]. The average Bonchev–Trinajstić information content (AvgIpc) is 3.33. The van der Waals surface area contributed by atoms with Crippen molar-refractivity contribution in [2.75, 3.05) is 0 Å². The molecule has 61 heavy (non-hydrogen) atoms. The van der Waals surface area contributed by atoms with Crippen LogP contribution in [-0.2, 0) is 18.7 Å². The molecule has 0 N–H and O–H groups in total. The van der Waals surface area contributed by atoms with Gasteiger partial charge in [0.15, 0.2) is 0 Å². The van der Waals surface area contributed by atoms with E-state index in [1.807, 2.05) is 12.1 Å². The predicted octanol–water partition coefficient (Wildman–Crippen LogP) is 5.97. The van der Waals surface area contributed by atoms with Crippen molar-refractivity contribution in [1.29, 1.82) is 5.26 Å². The fourth-order valence-corrected chi connectivity index (χ4v) is 16.6. The predicted molar refractivity (Wildman–Crippen MR) is 259 cm³/mol. The summed E-state index contributed by atoms with van der Waals surface area (Å²) in [6.07, 6.45) is 7.02. The van der Waals surface area contributed by atoms with Crippen molar-refractivity contribution >= 4 is 46.4 Å². The molecule has 0 heterocycles. The molecule has 0 spiro atoms. The van der Waals surface area contributed by atoms with Gasteiger partial charge in [-0.25, -0.2) is 0 Å². The number of nitriles is 1. The van der Waals surface area contributed by atoms with Gasteiger partial charge in [0, 0.05) is 0 Å². The minimum Gasteiger partial charge on any atom is -1.00 e. The van der Waals surface area contributed by atoms with Crippen LogP contribution in [0.5, 0.6) is 0 Å². The van der Waals surface area contributed by atoms with Crippen molar-refractivity contribution in [2.24, 2.45) is 0 Å². The Bertz CT molecular complexity index is 2280. The zero-order valence-electron chi connectivity index (χ0n) is 34.8. The van der Waals surface area contributed by atoms with E-state index >= 15 is 0 Å². The molecule has 5 heteroatoms. The van der Waals surface area contributed by atoms with Crippen molar-refractivity contribution in [2.45, 2.75) is 44.9 Å². The van der Waals surface area contributed by atoms with Crippen molar-refractivity contribution in [3.05, 3.63) is 253 Å². The monoisotopic (exact) mass is 959 g/mol. The summed E-state index contributed by atoms with van der Waals surface area (Å²) in [4.78, 5) is 0. The van der Waals surface area contributed by atoms with Crippen LogP contribution in [0, 0.1) is 11.3 Å². The third kappa shape index (κ3) is 11.5. The van der Waals surface area contributed by atoms with Crippen molar-refractivity contribution in [3.63, 3.8) is 0 Å². The van der Waals surface area contributed by atoms with Crippen molar-refractivity contribution in [1.82, 2.24) is 0 Å². The average molecular weight is 962 g/mol. The highest BCUT2D eigenvalue weighted by atomic mass is 79.9. The highest BCUT2D eigenvalue weighted by Gasteiger charge is 2.46. The largest absolute Gasteiger partial charge is 1.00 e. The third-order valence-electron chi connectivity index (χ3n) is 11.2. The van der Waals surface area contributed by atoms with Crippen molar-refractivity contribution < 1.29 is 34.0 Å². The third-order valence-corrected chi connectivity index (χ3v) is 20.0. The number of nitrogens with zero attached hydrogens (tertiary/aromatic N) is 1. The van der Waals surface area contributed by atoms with Gasteiger partial charge in [0.05, 0.1) is 24.0 Å². The molecule has 306 valence electrons. The van der Waals surface area contributed by atoms with E-state index in [0.29, 0.717) is 5.56 Å². The Hall–Kier alpha value is -4.93. The second kappa shape index (κ2) is 23.9. The summed E-state index contributed by atoms with van der Waals surface area (Å²) in [6.45, 7) is 2.27. The molecule has 0 aliphatic heterocycles. The van der Waals surface area contributed by atoms with E-state index < -0.39 is 14.5 Å². The van der Waals surface area contributed by atoms with Gasteiger partial charge in [0.2, 0.25) is 0 Å². The number of halogens is 2. The highest BCUT2D eigenvalue weighted by Crippen LogP contribution is 2.59. The fourth-order valence-electron chi connectivity index (χ4n) is 8.16. The fraction of sp³-hybridized carbons (Fsp3) is 0.125. The number of benzene rings is 8. The van der Waals surface area contributed by atoms with Gasteiger partial charge in [-0.15, -0.1) is 0 Å². The molecular weight excluding hydrogens is 908 g/mol. The zero-order valence-corrected chi connectivity index (χ0v) is 39.7. The first-order valence-corrected chi connectivity index (χ1v) is 24.8. The Morgan fingerprint density at radius 1 is 0.344 bits per heavy atom. The maximum absolute atomic E-state index is 9.15. The van der Waals surface area contributed by atoms with Gasteiger partial charge >= 0.3 is 0 Å². The molecule has 8 aromatic carbocycles. The molecule has 8 rings (SSSR count). The van der Waals surface area contributed by atoms with Crippen LogP contribution in [0.25, 0.3) is 0 Å². The molecule has 0 fully saturated rings. The molecule has 0 atom stereocenters. The van der Waals surface area contributed by atoms with Crippen LogP contribution in [-0.4, -0.2) is 0 Å². The van der Waals surface area contributed by atoms with Crippen molar-refractivity contribution in [3.8, 4) is 6.07 Å². The molecule has 0 bridgehead atoms. The van der Waals surface area contributed by atoms with E-state index in [4.69, 9.17) is 5.26 Å². The molecule has 0 saturated heterocycles. The Balaban J connectivity index is 0.000000225. The Labute approximate surface area is 386 Å². The van der Waals surface area contributed by atoms with Gasteiger partial charge in [-0.1, -0.05) is 165 Å². The summed E-state index contributed by atoms with van der Waals surface area (Å²) in [5.74, 6) is 0. The topological polar surface area (TPSA) is 23.8 Å². The summed E-state index contributed by atoms with van der Waals surface area (Å²) in [7, 11) is -3.70. The molecule has 0 aliphatic carbocycles. The summed E-state index contributed by atoms with van der Waals surface area (Å²) >= 11 is 0. The van der Waals surface area contributed by atoms with Gasteiger partial charge < -0.3 is 34.0 Å². The van der Waals surface area contributed by atoms with E-state index in [1.165, 1.54) is 74.2 Å². The van der Waals surface area contributed by atoms with Crippen LogP contribution in [0.15, 0.2) is 231 Å². The van der Waals surface area contributed by atoms with Crippen LogP contribution >= 0.6 is 14.5 Å². The van der Waals surface area contributed by atoms with E-state index in [1.54, 1.807) is 0 Å². The van der Waals surface area contributed by atoms with E-state index in [-0.39, 0.29) is 34.0 Å². The lowest BCUT2D eigenvalue weighted by atomic mass is 10.1. The maximum Gasteiger partial charge on any atom is 0.116 e. The quantitative estimate of drug-likeness (QED) is 0.0975. The molecule has 0 aliphatic rings. The molecule has 8 aromatic rings. The first kappa shape index (κ1) is 47.1. The molecule has 0 radical (unpaired) electrons. The van der Waals surface area contributed by atoms with E-state index in [0.717, 1.165) is 12.3 Å². The smallest absolute Gasteiger partial charge is 0.116 e. The highest BCUT2D eigenvalue weighted by molar-refractivity contribution is 7.95. The minimum atomic E-state index is -1.88. The lowest BCUT2D eigenvalue weighted by Gasteiger charge is -2.28. The standard InChI is InChI=1S/C30H32P.C26H21NP.2BrH/c1-2-3-7-14-26-21-23-27(24-22-26)25-31(28-15-8-4-9-16-28,29-17-10-5-11-18-29)30-19-12-6-13-20-30;27-20-22-16-18-23(19-17-22)21-28(24-10-4-1-5-11-24,25-12-6-2-7-13-25)26-14-8-3-9-15-26;;/h4-6,8-13,15-24H,2-3,7,14,25H2,1H3;1-19H,21H2;2*1H/q2*+1;;/p-2. The molecule has 1 nitrogen and oxygen atoms in total. The summed E-state index contributed by atoms with van der Waals surface area (Å²) in [6, 6.07) is 85.8. The van der Waals surface area contributed by atoms with Crippen LogP contribution in [0.2, 0.25) is 0 Å². The van der Waals surface area contributed by atoms with Crippen LogP contribution in [0.1, 0.15) is 48.4 Å². The molecule has 0 unspecified atom stereocenters. The number of rotatable bonds is 14. The van der Waals surface area contributed by atoms with Crippen LogP contribution < -0.4 is 65.8 Å². The molecule has 0 saturated carbocycles. The molecular formula is C56H53Br2NP2. The Morgan fingerprint density at radius 2 is 0.607 bits per heavy atom. The Kier molecular flexibility index (Phi) is 18.5. The van der Waals surface area contributed by atoms with Crippen LogP contribution in [0.3, 0.4) is 0 Å². The first-order chi connectivity index (χ1) is 29.2. The summed E-state index contributed by atoms with van der Waals surface area (Å²) in [5.41, 5.74) is 4.83. The maximum atomic E-state index is 9.15. The van der Waals surface area contributed by atoms with Gasteiger partial charge in [0.1, 0.15) is 46.4 Å². The first-order valence-electron chi connectivity index (χ1n) is 20.8. The van der Waals surface area contributed by atoms with Gasteiger partial charge in [-0.05, 0) is 114 Å². The lowest BCUT2D eigenvalue weighted by Crippen LogP contribution is -3.00. The normalized spacial score (nSPS) is 10.8. The van der Waals surface area contributed by atoms with E-state index in [9.17, 15) is 0 Å². The molecule has 0 amide bonds. The van der Waals surface area contributed by atoms with Crippen LogP contribution in [0.4, 0.5) is 0 Å². The minimum absolute atomic E-state index is 0. The van der Waals surface area contributed by atoms with Gasteiger partial charge in [0.25, 0.3) is 0 Å². The lowest BCUT2D eigenvalue weighted by molar-refractivity contribution is -0.001000. The summed E-state index contributed by atoms with van der Waals surface area (Å²) in [5, 5.41) is 17.6. The second-order valence-electron chi connectivity index (χ2n) is 15.0. The van der Waals surface area contributed by atoms with Gasteiger partial charge in [-0.3, -0.25) is 0 Å². The number of hydrogen-bond acceptors (Lipinski definition) is 1. The second-order valence-corrected chi connectivity index (χ2v) is 22.0. The molecule has 0 aromatic heterocycles. The number of aryl methyl sites for hydroxylation is 1. The number of hydrogen-bond donors (Lipinski definition) is 0. The Morgan fingerprint density at radius 3 is 0.869 bits per heavy atom.